The monoisotopic (exact) mass is 233 g/mol. The molecule has 0 bridgehead atoms. The van der Waals surface area contributed by atoms with Crippen LogP contribution in [0, 0.1) is 17.2 Å². The maximum Gasteiger partial charge on any atom is 0.120 e. The first-order chi connectivity index (χ1) is 8.19. The van der Waals surface area contributed by atoms with E-state index in [-0.39, 0.29) is 0 Å². The molecule has 2 heterocycles. The minimum atomic E-state index is 0.666. The van der Waals surface area contributed by atoms with Crippen LogP contribution in [0.4, 0.5) is 0 Å². The van der Waals surface area contributed by atoms with Gasteiger partial charge in [0.2, 0.25) is 0 Å². The fraction of sp³-hybridized carbons (Fsp3) is 0.615. The minimum Gasteiger partial charge on any atom is -0.381 e. The molecule has 1 saturated heterocycles. The maximum atomic E-state index is 8.89. The highest BCUT2D eigenvalue weighted by Crippen LogP contribution is 2.15. The van der Waals surface area contributed by atoms with Gasteiger partial charge in [-0.3, -0.25) is 0 Å². The summed E-state index contributed by atoms with van der Waals surface area (Å²) in [7, 11) is 4.03. The van der Waals surface area contributed by atoms with Crippen molar-refractivity contribution < 1.29 is 4.74 Å². The van der Waals surface area contributed by atoms with Crippen LogP contribution in [0.25, 0.3) is 0 Å². The topological polar surface area (TPSA) is 41.2 Å². The van der Waals surface area contributed by atoms with E-state index in [4.69, 9.17) is 10.00 Å². The van der Waals surface area contributed by atoms with Crippen LogP contribution in [0.5, 0.6) is 0 Å². The van der Waals surface area contributed by atoms with Crippen LogP contribution in [0.15, 0.2) is 12.3 Å². The lowest BCUT2D eigenvalue weighted by Gasteiger charge is -2.19. The predicted molar refractivity (Wildman–Crippen MR) is 65.4 cm³/mol. The first-order valence-electron chi connectivity index (χ1n) is 6.00. The van der Waals surface area contributed by atoms with E-state index in [9.17, 15) is 0 Å². The number of ether oxygens (including phenoxy) is 1. The number of nitriles is 1. The summed E-state index contributed by atoms with van der Waals surface area (Å²) in [5.41, 5.74) is 1.92. The average Bonchev–Trinajstić information content (AvgIpc) is 2.88. The van der Waals surface area contributed by atoms with Gasteiger partial charge in [0, 0.05) is 32.9 Å². The van der Waals surface area contributed by atoms with Crippen LogP contribution < -0.4 is 0 Å². The fourth-order valence-electron chi connectivity index (χ4n) is 2.37. The van der Waals surface area contributed by atoms with Crippen LogP contribution in [0.2, 0.25) is 0 Å². The Morgan fingerprint density at radius 1 is 1.65 bits per heavy atom. The number of nitrogens with zero attached hydrogens (tertiary/aromatic N) is 3. The Balaban J connectivity index is 1.88. The first kappa shape index (κ1) is 12.2. The highest BCUT2D eigenvalue weighted by Gasteiger charge is 2.17. The molecule has 1 aromatic heterocycles. The summed E-state index contributed by atoms with van der Waals surface area (Å²) in [4.78, 5) is 2.30. The standard InChI is InChI=1S/C13H19N3O/c1-15(7-11-3-4-17-10-11)8-12-5-13(6-14)16(2)9-12/h5,9,11H,3-4,7-8,10H2,1-2H3/t11-/m1/s1. The summed E-state index contributed by atoms with van der Waals surface area (Å²) >= 11 is 0. The van der Waals surface area contributed by atoms with Gasteiger partial charge in [-0.2, -0.15) is 5.26 Å². The van der Waals surface area contributed by atoms with Crippen LogP contribution in [-0.2, 0) is 18.3 Å². The molecule has 1 aliphatic rings. The van der Waals surface area contributed by atoms with Gasteiger partial charge in [-0.25, -0.2) is 0 Å². The third-order valence-electron chi connectivity index (χ3n) is 3.22. The summed E-state index contributed by atoms with van der Waals surface area (Å²) < 4.78 is 7.25. The molecular weight excluding hydrogens is 214 g/mol. The zero-order chi connectivity index (χ0) is 12.3. The van der Waals surface area contributed by atoms with Gasteiger partial charge in [0.1, 0.15) is 11.8 Å². The molecule has 0 N–H and O–H groups in total. The second-order valence-electron chi connectivity index (χ2n) is 4.88. The predicted octanol–water partition coefficient (Wildman–Crippen LogP) is 1.37. The molecule has 0 aromatic carbocycles. The van der Waals surface area contributed by atoms with Crippen molar-refractivity contribution in [3.8, 4) is 6.07 Å². The second kappa shape index (κ2) is 5.35. The lowest BCUT2D eigenvalue weighted by Crippen LogP contribution is -2.25. The lowest BCUT2D eigenvalue weighted by molar-refractivity contribution is 0.173. The minimum absolute atomic E-state index is 0.666. The molecule has 0 radical (unpaired) electrons. The Labute approximate surface area is 102 Å². The third kappa shape index (κ3) is 3.09. The molecule has 1 aromatic rings. The molecule has 0 spiro atoms. The average molecular weight is 233 g/mol. The SMILES string of the molecule is CN(Cc1cc(C#N)n(C)c1)C[C@H]1CCOC1. The number of aromatic nitrogens is 1. The molecule has 1 atom stereocenters. The summed E-state index contributed by atoms with van der Waals surface area (Å²) in [5, 5.41) is 8.89. The zero-order valence-electron chi connectivity index (χ0n) is 10.5. The second-order valence-corrected chi connectivity index (χ2v) is 4.88. The largest absolute Gasteiger partial charge is 0.381 e. The van der Waals surface area contributed by atoms with Crippen molar-refractivity contribution >= 4 is 0 Å². The van der Waals surface area contributed by atoms with Crippen LogP contribution >= 0.6 is 0 Å². The van der Waals surface area contributed by atoms with Gasteiger partial charge in [-0.15, -0.1) is 0 Å². The molecule has 0 amide bonds. The van der Waals surface area contributed by atoms with Crippen molar-refractivity contribution in [2.75, 3.05) is 26.8 Å². The molecule has 2 rings (SSSR count). The molecule has 1 aliphatic heterocycles. The van der Waals surface area contributed by atoms with Gasteiger partial charge in [0.15, 0.2) is 0 Å². The number of rotatable bonds is 4. The molecular formula is C13H19N3O. The van der Waals surface area contributed by atoms with E-state index < -0.39 is 0 Å². The van der Waals surface area contributed by atoms with E-state index in [0.29, 0.717) is 5.92 Å². The lowest BCUT2D eigenvalue weighted by atomic mass is 10.1. The molecule has 1 fully saturated rings. The Bertz CT molecular complexity index is 413. The van der Waals surface area contributed by atoms with Crippen LogP contribution in [0.1, 0.15) is 17.7 Å². The number of aryl methyl sites for hydroxylation is 1. The maximum absolute atomic E-state index is 8.89. The summed E-state index contributed by atoms with van der Waals surface area (Å²) in [6.45, 7) is 3.76. The van der Waals surface area contributed by atoms with Crippen molar-refractivity contribution in [2.45, 2.75) is 13.0 Å². The Hall–Kier alpha value is -1.31. The van der Waals surface area contributed by atoms with Crippen LogP contribution in [0.3, 0.4) is 0 Å². The smallest absolute Gasteiger partial charge is 0.120 e. The van der Waals surface area contributed by atoms with Gasteiger partial charge in [-0.05, 0) is 31.0 Å². The normalized spacial score (nSPS) is 19.8. The Kier molecular flexibility index (Phi) is 3.82. The van der Waals surface area contributed by atoms with Crippen molar-refractivity contribution in [1.29, 1.82) is 5.26 Å². The highest BCUT2D eigenvalue weighted by molar-refractivity contribution is 5.28. The van der Waals surface area contributed by atoms with Crippen molar-refractivity contribution in [2.24, 2.45) is 13.0 Å². The van der Waals surface area contributed by atoms with E-state index in [1.54, 1.807) is 0 Å². The van der Waals surface area contributed by atoms with Gasteiger partial charge in [0.05, 0.1) is 6.61 Å². The van der Waals surface area contributed by atoms with Gasteiger partial charge < -0.3 is 14.2 Å². The quantitative estimate of drug-likeness (QED) is 0.788. The molecule has 92 valence electrons. The van der Waals surface area contributed by atoms with E-state index in [1.165, 1.54) is 12.0 Å². The van der Waals surface area contributed by atoms with Gasteiger partial charge >= 0.3 is 0 Å². The molecule has 4 nitrogen and oxygen atoms in total. The molecule has 0 saturated carbocycles. The first-order valence-corrected chi connectivity index (χ1v) is 6.00. The fourth-order valence-corrected chi connectivity index (χ4v) is 2.37. The van der Waals surface area contributed by atoms with E-state index in [0.717, 1.165) is 32.0 Å². The van der Waals surface area contributed by atoms with E-state index >= 15 is 0 Å². The van der Waals surface area contributed by atoms with Crippen LogP contribution in [-0.4, -0.2) is 36.3 Å². The van der Waals surface area contributed by atoms with Gasteiger partial charge in [0.25, 0.3) is 0 Å². The summed E-state index contributed by atoms with van der Waals surface area (Å²) in [6.07, 6.45) is 3.20. The van der Waals surface area contributed by atoms with Gasteiger partial charge in [-0.1, -0.05) is 0 Å². The number of hydrogen-bond donors (Lipinski definition) is 0. The Morgan fingerprint density at radius 3 is 3.06 bits per heavy atom. The van der Waals surface area contributed by atoms with Crippen molar-refractivity contribution in [3.63, 3.8) is 0 Å². The zero-order valence-corrected chi connectivity index (χ0v) is 10.5. The molecule has 0 aliphatic carbocycles. The third-order valence-corrected chi connectivity index (χ3v) is 3.22. The van der Waals surface area contributed by atoms with E-state index in [2.05, 4.69) is 18.0 Å². The highest BCUT2D eigenvalue weighted by atomic mass is 16.5. The number of hydrogen-bond acceptors (Lipinski definition) is 3. The van der Waals surface area contributed by atoms with Crippen molar-refractivity contribution in [1.82, 2.24) is 9.47 Å². The molecule has 17 heavy (non-hydrogen) atoms. The summed E-state index contributed by atoms with van der Waals surface area (Å²) in [6, 6.07) is 4.15. The summed E-state index contributed by atoms with van der Waals surface area (Å²) in [5.74, 6) is 0.666. The molecule has 4 heteroatoms. The van der Waals surface area contributed by atoms with Crippen molar-refractivity contribution in [3.05, 3.63) is 23.5 Å². The Morgan fingerprint density at radius 2 is 2.47 bits per heavy atom. The van der Waals surface area contributed by atoms with E-state index in [1.807, 2.05) is 23.9 Å². The molecule has 0 unspecified atom stereocenters.